The Bertz CT molecular complexity index is 462. The second-order valence-electron chi connectivity index (χ2n) is 6.10. The second-order valence-corrected chi connectivity index (χ2v) is 6.10. The molecule has 0 atom stereocenters. The molecule has 0 radical (unpaired) electrons. The second kappa shape index (κ2) is 5.68. The first-order valence-corrected chi connectivity index (χ1v) is 6.81. The highest BCUT2D eigenvalue weighted by atomic mass is 15.3. The maximum absolute atomic E-state index is 8.86. The van der Waals surface area contributed by atoms with E-state index in [0.717, 1.165) is 32.7 Å². The van der Waals surface area contributed by atoms with Gasteiger partial charge in [0.2, 0.25) is 0 Å². The monoisotopic (exact) mass is 258 g/mol. The van der Waals surface area contributed by atoms with Crippen LogP contribution in [0.3, 0.4) is 0 Å². The van der Waals surface area contributed by atoms with Crippen LogP contribution in [0.5, 0.6) is 0 Å². The average Bonchev–Trinajstić information content (AvgIpc) is 2.38. The van der Waals surface area contributed by atoms with E-state index < -0.39 is 0 Å². The van der Waals surface area contributed by atoms with Gasteiger partial charge in [-0.2, -0.15) is 5.26 Å². The third-order valence-electron chi connectivity index (χ3n) is 3.67. The van der Waals surface area contributed by atoms with E-state index in [1.165, 1.54) is 5.56 Å². The number of hydrogen-bond acceptors (Lipinski definition) is 4. The van der Waals surface area contributed by atoms with Crippen LogP contribution >= 0.6 is 0 Å². The fourth-order valence-electron chi connectivity index (χ4n) is 2.47. The lowest BCUT2D eigenvalue weighted by Crippen LogP contribution is -2.53. The van der Waals surface area contributed by atoms with Crippen LogP contribution in [0, 0.1) is 11.3 Å². The number of hydrogen-bond donors (Lipinski definition) is 0. The molecule has 19 heavy (non-hydrogen) atoms. The predicted octanol–water partition coefficient (Wildman–Crippen LogP) is 1.87. The van der Waals surface area contributed by atoms with Crippen LogP contribution in [0.2, 0.25) is 0 Å². The Balaban J connectivity index is 1.91. The Morgan fingerprint density at radius 3 is 2.53 bits per heavy atom. The molecule has 1 aromatic heterocycles. The van der Waals surface area contributed by atoms with Crippen molar-refractivity contribution in [2.24, 2.45) is 0 Å². The SMILES string of the molecule is CC(C)(C)N1CCN(Cc2ccnc(C#N)c2)CC1. The van der Waals surface area contributed by atoms with Crippen molar-refractivity contribution in [1.29, 1.82) is 5.26 Å². The number of piperazine rings is 1. The molecule has 102 valence electrons. The van der Waals surface area contributed by atoms with E-state index in [4.69, 9.17) is 5.26 Å². The van der Waals surface area contributed by atoms with E-state index in [2.05, 4.69) is 41.6 Å². The van der Waals surface area contributed by atoms with Gasteiger partial charge in [-0.05, 0) is 38.5 Å². The Kier molecular flexibility index (Phi) is 4.18. The van der Waals surface area contributed by atoms with E-state index in [0.29, 0.717) is 5.69 Å². The Morgan fingerprint density at radius 2 is 1.95 bits per heavy atom. The summed E-state index contributed by atoms with van der Waals surface area (Å²) >= 11 is 0. The molecule has 4 nitrogen and oxygen atoms in total. The van der Waals surface area contributed by atoms with Crippen molar-refractivity contribution in [2.45, 2.75) is 32.9 Å². The molecule has 2 heterocycles. The van der Waals surface area contributed by atoms with Gasteiger partial charge in [0.15, 0.2) is 0 Å². The van der Waals surface area contributed by atoms with Crippen LogP contribution < -0.4 is 0 Å². The van der Waals surface area contributed by atoms with Crippen molar-refractivity contribution in [3.05, 3.63) is 29.6 Å². The molecular formula is C15H22N4. The van der Waals surface area contributed by atoms with E-state index in [-0.39, 0.29) is 5.54 Å². The largest absolute Gasteiger partial charge is 0.297 e. The van der Waals surface area contributed by atoms with Crippen LogP contribution in [-0.4, -0.2) is 46.5 Å². The third-order valence-corrected chi connectivity index (χ3v) is 3.67. The predicted molar refractivity (Wildman–Crippen MR) is 75.6 cm³/mol. The van der Waals surface area contributed by atoms with Crippen molar-refractivity contribution < 1.29 is 0 Å². The summed E-state index contributed by atoms with van der Waals surface area (Å²) in [6.45, 7) is 12.1. The summed E-state index contributed by atoms with van der Waals surface area (Å²) in [4.78, 5) is 8.98. The molecule has 0 aliphatic carbocycles. The molecule has 0 spiro atoms. The minimum absolute atomic E-state index is 0.261. The van der Waals surface area contributed by atoms with Gasteiger partial charge in [-0.25, -0.2) is 4.98 Å². The maximum Gasteiger partial charge on any atom is 0.140 e. The molecule has 0 N–H and O–H groups in total. The van der Waals surface area contributed by atoms with Gasteiger partial charge < -0.3 is 0 Å². The highest BCUT2D eigenvalue weighted by Crippen LogP contribution is 2.17. The van der Waals surface area contributed by atoms with Gasteiger partial charge in [0.1, 0.15) is 11.8 Å². The van der Waals surface area contributed by atoms with Gasteiger partial charge in [-0.3, -0.25) is 9.80 Å². The number of aromatic nitrogens is 1. The van der Waals surface area contributed by atoms with Crippen LogP contribution in [0.4, 0.5) is 0 Å². The molecule has 0 aromatic carbocycles. The highest BCUT2D eigenvalue weighted by molar-refractivity contribution is 5.25. The van der Waals surface area contributed by atoms with Crippen molar-refractivity contribution >= 4 is 0 Å². The lowest BCUT2D eigenvalue weighted by molar-refractivity contribution is 0.0591. The van der Waals surface area contributed by atoms with Gasteiger partial charge in [-0.15, -0.1) is 0 Å². The van der Waals surface area contributed by atoms with E-state index >= 15 is 0 Å². The molecular weight excluding hydrogens is 236 g/mol. The molecule has 1 saturated heterocycles. The maximum atomic E-state index is 8.86. The Hall–Kier alpha value is -1.44. The van der Waals surface area contributed by atoms with E-state index in [9.17, 15) is 0 Å². The first kappa shape index (κ1) is 14.0. The zero-order valence-corrected chi connectivity index (χ0v) is 12.1. The molecule has 0 bridgehead atoms. The molecule has 0 unspecified atom stereocenters. The van der Waals surface area contributed by atoms with Crippen LogP contribution in [0.15, 0.2) is 18.3 Å². The topological polar surface area (TPSA) is 43.2 Å². The molecule has 1 aliphatic rings. The van der Waals surface area contributed by atoms with Crippen molar-refractivity contribution in [2.75, 3.05) is 26.2 Å². The summed E-state index contributed by atoms with van der Waals surface area (Å²) in [5.41, 5.74) is 1.94. The van der Waals surface area contributed by atoms with Crippen LogP contribution in [-0.2, 0) is 6.54 Å². The first-order valence-electron chi connectivity index (χ1n) is 6.81. The Labute approximate surface area is 115 Å². The summed E-state index contributed by atoms with van der Waals surface area (Å²) in [5, 5.41) is 8.86. The highest BCUT2D eigenvalue weighted by Gasteiger charge is 2.25. The molecule has 4 heteroatoms. The van der Waals surface area contributed by atoms with Crippen LogP contribution in [0.25, 0.3) is 0 Å². The van der Waals surface area contributed by atoms with E-state index in [1.807, 2.05) is 12.1 Å². The molecule has 0 amide bonds. The Morgan fingerprint density at radius 1 is 1.26 bits per heavy atom. The number of nitriles is 1. The number of rotatable bonds is 2. The zero-order valence-electron chi connectivity index (χ0n) is 12.1. The van der Waals surface area contributed by atoms with Gasteiger partial charge >= 0.3 is 0 Å². The van der Waals surface area contributed by atoms with Gasteiger partial charge in [-0.1, -0.05) is 0 Å². The fourth-order valence-corrected chi connectivity index (χ4v) is 2.47. The van der Waals surface area contributed by atoms with Crippen molar-refractivity contribution in [3.63, 3.8) is 0 Å². The minimum atomic E-state index is 0.261. The summed E-state index contributed by atoms with van der Waals surface area (Å²) in [6.07, 6.45) is 1.72. The smallest absolute Gasteiger partial charge is 0.140 e. The third kappa shape index (κ3) is 3.76. The summed E-state index contributed by atoms with van der Waals surface area (Å²) in [6, 6.07) is 5.98. The first-order chi connectivity index (χ1) is 8.99. The summed E-state index contributed by atoms with van der Waals surface area (Å²) in [5.74, 6) is 0. The normalized spacial score (nSPS) is 18.2. The van der Waals surface area contributed by atoms with Crippen molar-refractivity contribution in [1.82, 2.24) is 14.8 Å². The minimum Gasteiger partial charge on any atom is -0.297 e. The molecule has 1 aliphatic heterocycles. The van der Waals surface area contributed by atoms with Gasteiger partial charge in [0.05, 0.1) is 0 Å². The molecule has 1 aromatic rings. The lowest BCUT2D eigenvalue weighted by atomic mass is 10.0. The summed E-state index contributed by atoms with van der Waals surface area (Å²) < 4.78 is 0. The lowest BCUT2D eigenvalue weighted by Gasteiger charge is -2.42. The standard InChI is InChI=1S/C15H22N4/c1-15(2,3)19-8-6-18(7-9-19)12-13-4-5-17-14(10-13)11-16/h4-5,10H,6-9,12H2,1-3H3. The number of pyridine rings is 1. The summed E-state index contributed by atoms with van der Waals surface area (Å²) in [7, 11) is 0. The van der Waals surface area contributed by atoms with Crippen LogP contribution in [0.1, 0.15) is 32.0 Å². The number of nitrogens with zero attached hydrogens (tertiary/aromatic N) is 4. The van der Waals surface area contributed by atoms with Crippen molar-refractivity contribution in [3.8, 4) is 6.07 Å². The average molecular weight is 258 g/mol. The quantitative estimate of drug-likeness (QED) is 0.812. The van der Waals surface area contributed by atoms with E-state index in [1.54, 1.807) is 6.20 Å². The molecule has 2 rings (SSSR count). The van der Waals surface area contributed by atoms with Gasteiger partial charge in [0, 0.05) is 44.5 Å². The molecule has 1 fully saturated rings. The van der Waals surface area contributed by atoms with Gasteiger partial charge in [0.25, 0.3) is 0 Å². The molecule has 0 saturated carbocycles. The zero-order chi connectivity index (χ0) is 13.9. The fraction of sp³-hybridized carbons (Fsp3) is 0.600.